The number of nitrogens with zero attached hydrogens (tertiary/aromatic N) is 2. The van der Waals surface area contributed by atoms with Crippen LogP contribution in [0.2, 0.25) is 0 Å². The summed E-state index contributed by atoms with van der Waals surface area (Å²) in [5, 5.41) is 29.5. The monoisotopic (exact) mass is 312 g/mol. The first-order chi connectivity index (χ1) is 6.52. The first kappa shape index (κ1) is 24.4. The summed E-state index contributed by atoms with van der Waals surface area (Å²) in [6.45, 7) is 1.74. The zero-order valence-electron chi connectivity index (χ0n) is 8.22. The molecule has 0 saturated heterocycles. The van der Waals surface area contributed by atoms with Gasteiger partial charge in [-0.3, -0.25) is 4.57 Å². The Morgan fingerprint density at radius 3 is 1.25 bits per heavy atom. The van der Waals surface area contributed by atoms with Crippen molar-refractivity contribution in [3.05, 3.63) is 30.6 Å². The predicted octanol–water partition coefficient (Wildman–Crippen LogP) is 0.0934. The third-order valence-corrected chi connectivity index (χ3v) is 1.54. The van der Waals surface area contributed by atoms with Crippen molar-refractivity contribution in [2.24, 2.45) is 0 Å². The van der Waals surface area contributed by atoms with Gasteiger partial charge in [0.25, 0.3) is 0 Å². The van der Waals surface area contributed by atoms with E-state index in [1.165, 1.54) is 0 Å². The van der Waals surface area contributed by atoms with Crippen LogP contribution in [0.3, 0.4) is 0 Å². The average molecular weight is 313 g/mol. The van der Waals surface area contributed by atoms with Gasteiger partial charge in [0, 0.05) is 6.16 Å². The summed E-state index contributed by atoms with van der Waals surface area (Å²) in [7, 11) is -3.67. The minimum Gasteiger partial charge on any atom is -0.356 e. The molecule has 13 heteroatoms. The molecule has 0 unspecified atom stereocenters. The Labute approximate surface area is 102 Å². The molecule has 0 aliphatic heterocycles. The quantitative estimate of drug-likeness (QED) is 0.308. The fraction of sp³-hybridized carbons (Fsp3) is 1.00. The number of hydrogen-bond donors (Lipinski definition) is 2. The number of rotatable bonds is 2. The molecule has 0 bridgehead atoms. The zero-order chi connectivity index (χ0) is 13.1. The molecule has 0 aliphatic carbocycles. The van der Waals surface area contributed by atoms with Gasteiger partial charge in [-0.1, -0.05) is 6.92 Å². The maximum absolute atomic E-state index is 9.93. The van der Waals surface area contributed by atoms with Crippen molar-refractivity contribution < 1.29 is 44.0 Å². The van der Waals surface area contributed by atoms with Crippen LogP contribution in [-0.4, -0.2) is 26.1 Å². The molecular weight excluding hydrogens is 304 g/mol. The smallest absolute Gasteiger partial charge is 0.356 e. The van der Waals surface area contributed by atoms with Crippen molar-refractivity contribution >= 4 is 7.60 Å². The van der Waals surface area contributed by atoms with Crippen molar-refractivity contribution in [3.8, 4) is 0 Å². The van der Waals surface area contributed by atoms with Crippen LogP contribution in [0.25, 0.3) is 0 Å². The van der Waals surface area contributed by atoms with E-state index >= 15 is 0 Å². The topological polar surface area (TPSA) is 190 Å². The van der Waals surface area contributed by atoms with Gasteiger partial charge >= 0.3 is 27.1 Å². The van der Waals surface area contributed by atoms with Crippen molar-refractivity contribution in [2.75, 3.05) is 6.16 Å². The van der Waals surface area contributed by atoms with Crippen LogP contribution in [0.5, 0.6) is 0 Å². The Bertz CT molecular complexity index is 209. The second-order valence-corrected chi connectivity index (χ2v) is 3.61. The van der Waals surface area contributed by atoms with Gasteiger partial charge in [0.05, 0.1) is 10.2 Å². The van der Waals surface area contributed by atoms with Crippen LogP contribution >= 0.6 is 7.60 Å². The summed E-state index contributed by atoms with van der Waals surface area (Å²) < 4.78 is 9.93. The van der Waals surface area contributed by atoms with Gasteiger partial charge in [-0.05, 0) is 6.42 Å². The van der Waals surface area contributed by atoms with E-state index in [1.807, 2.05) is 0 Å². The summed E-state index contributed by atoms with van der Waals surface area (Å²) in [5.74, 6) is 0. The van der Waals surface area contributed by atoms with Gasteiger partial charge in [-0.2, -0.15) is 0 Å². The maximum atomic E-state index is 9.93. The maximum Gasteiger partial charge on any atom is 2.00 e. The minimum atomic E-state index is -3.67. The van der Waals surface area contributed by atoms with Crippen LogP contribution < -0.4 is 0 Å². The third-order valence-electron chi connectivity index (χ3n) is 0.515. The van der Waals surface area contributed by atoms with Gasteiger partial charge in [0.1, 0.15) is 0 Å². The van der Waals surface area contributed by atoms with E-state index in [-0.39, 0.29) is 25.6 Å². The van der Waals surface area contributed by atoms with E-state index in [1.54, 1.807) is 6.92 Å². The summed E-state index contributed by atoms with van der Waals surface area (Å²) in [4.78, 5) is 32.8. The van der Waals surface area contributed by atoms with E-state index < -0.39 is 17.8 Å². The van der Waals surface area contributed by atoms with Crippen LogP contribution in [0.15, 0.2) is 0 Å². The Morgan fingerprint density at radius 2 is 1.25 bits per heavy atom. The molecule has 0 aromatic heterocycles. The Balaban J connectivity index is -0.0000000700. The molecule has 0 aliphatic rings. The van der Waals surface area contributed by atoms with Gasteiger partial charge < -0.3 is 40.4 Å². The summed E-state index contributed by atoms with van der Waals surface area (Å²) in [6.07, 6.45) is 0.553. The molecule has 0 rings (SSSR count). The van der Waals surface area contributed by atoms with Crippen molar-refractivity contribution in [2.45, 2.75) is 13.3 Å². The summed E-state index contributed by atoms with van der Waals surface area (Å²) in [5.41, 5.74) is 0. The molecule has 0 heterocycles. The molecule has 0 spiro atoms. The van der Waals surface area contributed by atoms with Gasteiger partial charge in [0.15, 0.2) is 0 Å². The Morgan fingerprint density at radius 1 is 1.06 bits per heavy atom. The molecular formula is C3H9N2O9PZn. The van der Waals surface area contributed by atoms with Gasteiger partial charge in [-0.15, -0.1) is 0 Å². The number of hydrogen-bond acceptors (Lipinski definition) is 7. The van der Waals surface area contributed by atoms with E-state index in [9.17, 15) is 4.57 Å². The van der Waals surface area contributed by atoms with E-state index in [2.05, 4.69) is 0 Å². The fourth-order valence-corrected chi connectivity index (χ4v) is 0.874. The molecule has 0 aromatic rings. The van der Waals surface area contributed by atoms with E-state index in [4.69, 9.17) is 40.4 Å². The first-order valence-electron chi connectivity index (χ1n) is 3.20. The van der Waals surface area contributed by atoms with Gasteiger partial charge in [-0.25, -0.2) is 0 Å². The molecule has 11 nitrogen and oxygen atoms in total. The summed E-state index contributed by atoms with van der Waals surface area (Å²) >= 11 is 0. The van der Waals surface area contributed by atoms with E-state index in [0.717, 1.165) is 0 Å². The normalized spacial score (nSPS) is 8.19. The van der Waals surface area contributed by atoms with Crippen LogP contribution in [0.4, 0.5) is 0 Å². The van der Waals surface area contributed by atoms with Crippen molar-refractivity contribution in [3.63, 3.8) is 0 Å². The molecule has 16 heavy (non-hydrogen) atoms. The average Bonchev–Trinajstić information content (AvgIpc) is 1.79. The van der Waals surface area contributed by atoms with Crippen molar-refractivity contribution in [1.82, 2.24) is 0 Å². The van der Waals surface area contributed by atoms with Crippen molar-refractivity contribution in [1.29, 1.82) is 0 Å². The summed E-state index contributed by atoms with van der Waals surface area (Å²) in [6, 6.07) is 0. The Hall–Kier alpha value is -0.827. The third kappa shape index (κ3) is 194. The molecule has 2 N–H and O–H groups in total. The standard InChI is InChI=1S/C3H9O3P.2NO3.Zn/c1-2-3-7(4,5)6;2*2-1(3)4;/h2-3H2,1H3,(H2,4,5,6);;;/q;2*-1;+2. The van der Waals surface area contributed by atoms with Crippen LogP contribution in [-0.2, 0) is 24.0 Å². The molecule has 0 saturated carbocycles. The largest absolute Gasteiger partial charge is 2.00 e. The van der Waals surface area contributed by atoms with E-state index in [0.29, 0.717) is 6.42 Å². The van der Waals surface area contributed by atoms with Gasteiger partial charge in [0.2, 0.25) is 0 Å². The zero-order valence-corrected chi connectivity index (χ0v) is 12.1. The molecule has 0 aromatic carbocycles. The fourth-order valence-electron chi connectivity index (χ4n) is 0.291. The Kier molecular flexibility index (Phi) is 21.6. The van der Waals surface area contributed by atoms with Crippen LogP contribution in [0.1, 0.15) is 13.3 Å². The van der Waals surface area contributed by atoms with Crippen LogP contribution in [0, 0.1) is 30.6 Å². The molecule has 0 amide bonds. The predicted molar refractivity (Wildman–Crippen MR) is 47.9 cm³/mol. The first-order valence-corrected chi connectivity index (χ1v) is 5.00. The molecule has 0 fully saturated rings. The molecule has 0 radical (unpaired) electrons. The SMILES string of the molecule is CCCP(=O)(O)O.O=[N+]([O-])[O-].O=[N+]([O-])[O-].[Zn+2]. The minimum absolute atomic E-state index is 0. The second kappa shape index (κ2) is 14.2. The molecule has 92 valence electrons. The molecule has 0 atom stereocenters. The second-order valence-electron chi connectivity index (χ2n) is 1.84.